The first-order chi connectivity index (χ1) is 6.74. The molecule has 0 bridgehead atoms. The second-order valence-electron chi connectivity index (χ2n) is 3.92. The van der Waals surface area contributed by atoms with Gasteiger partial charge in [-0.1, -0.05) is 0 Å². The number of hydrogen-bond donors (Lipinski definition) is 0. The van der Waals surface area contributed by atoms with Crippen molar-refractivity contribution in [3.63, 3.8) is 0 Å². The van der Waals surface area contributed by atoms with E-state index in [0.717, 1.165) is 19.6 Å². The van der Waals surface area contributed by atoms with Crippen LogP contribution < -0.4 is 0 Å². The summed E-state index contributed by atoms with van der Waals surface area (Å²) in [4.78, 5) is 7.86. The molecule has 2 unspecified atom stereocenters. The predicted octanol–water partition coefficient (Wildman–Crippen LogP) is 1.75. The van der Waals surface area contributed by atoms with Crippen molar-refractivity contribution in [1.29, 1.82) is 0 Å². The largest absolute Gasteiger partial charge is 0.373 e. The molecule has 0 aromatic carbocycles. The lowest BCUT2D eigenvalue weighted by atomic mass is 10.2. The SMILES string of the molecule is CC1CN(Cc2cncs2)CC(C)O1. The lowest BCUT2D eigenvalue weighted by Crippen LogP contribution is -2.44. The topological polar surface area (TPSA) is 25.4 Å². The zero-order valence-electron chi connectivity index (χ0n) is 8.64. The highest BCUT2D eigenvalue weighted by atomic mass is 32.1. The van der Waals surface area contributed by atoms with Crippen LogP contribution in [0, 0.1) is 0 Å². The second-order valence-corrected chi connectivity index (χ2v) is 4.89. The molecule has 1 aromatic heterocycles. The molecule has 1 aromatic rings. The van der Waals surface area contributed by atoms with Crippen molar-refractivity contribution >= 4 is 11.3 Å². The Labute approximate surface area is 88.7 Å². The second kappa shape index (κ2) is 4.38. The molecule has 0 amide bonds. The predicted molar refractivity (Wildman–Crippen MR) is 57.4 cm³/mol. The van der Waals surface area contributed by atoms with Crippen LogP contribution in [0.15, 0.2) is 11.7 Å². The minimum absolute atomic E-state index is 0.353. The standard InChI is InChI=1S/C10H16N2OS/c1-8-4-12(5-9(2)13-8)6-10-3-11-7-14-10/h3,7-9H,4-6H2,1-2H3. The number of nitrogens with zero attached hydrogens (tertiary/aromatic N) is 2. The Morgan fingerprint density at radius 2 is 2.21 bits per heavy atom. The summed E-state index contributed by atoms with van der Waals surface area (Å²) in [6.07, 6.45) is 2.66. The van der Waals surface area contributed by atoms with E-state index in [0.29, 0.717) is 12.2 Å². The fraction of sp³-hybridized carbons (Fsp3) is 0.700. The van der Waals surface area contributed by atoms with Gasteiger partial charge in [-0.15, -0.1) is 11.3 Å². The smallest absolute Gasteiger partial charge is 0.0794 e. The Balaban J connectivity index is 1.91. The number of ether oxygens (including phenoxy) is 1. The number of aromatic nitrogens is 1. The van der Waals surface area contributed by atoms with Gasteiger partial charge in [-0.05, 0) is 13.8 Å². The van der Waals surface area contributed by atoms with Gasteiger partial charge < -0.3 is 4.74 Å². The number of thiazole rings is 1. The first kappa shape index (κ1) is 10.1. The Bertz CT molecular complexity index is 266. The van der Waals surface area contributed by atoms with Gasteiger partial charge in [0.2, 0.25) is 0 Å². The molecule has 0 saturated carbocycles. The van der Waals surface area contributed by atoms with Crippen molar-refractivity contribution in [3.8, 4) is 0 Å². The summed E-state index contributed by atoms with van der Waals surface area (Å²) in [6.45, 7) is 7.35. The summed E-state index contributed by atoms with van der Waals surface area (Å²) in [5, 5.41) is 0. The van der Waals surface area contributed by atoms with Crippen molar-refractivity contribution in [1.82, 2.24) is 9.88 Å². The highest BCUT2D eigenvalue weighted by Gasteiger charge is 2.22. The molecule has 2 rings (SSSR count). The third kappa shape index (κ3) is 2.53. The minimum atomic E-state index is 0.353. The number of hydrogen-bond acceptors (Lipinski definition) is 4. The molecule has 3 nitrogen and oxygen atoms in total. The third-order valence-corrected chi connectivity index (χ3v) is 3.12. The molecule has 0 spiro atoms. The molecule has 1 aliphatic rings. The summed E-state index contributed by atoms with van der Waals surface area (Å²) in [5.41, 5.74) is 1.89. The Morgan fingerprint density at radius 3 is 2.79 bits per heavy atom. The maximum Gasteiger partial charge on any atom is 0.0794 e. The normalized spacial score (nSPS) is 29.3. The molecule has 1 fully saturated rings. The van der Waals surface area contributed by atoms with Crippen LogP contribution in [-0.2, 0) is 11.3 Å². The maximum atomic E-state index is 5.68. The Hall–Kier alpha value is -0.450. The Morgan fingerprint density at radius 1 is 1.50 bits per heavy atom. The van der Waals surface area contributed by atoms with Crippen molar-refractivity contribution in [2.75, 3.05) is 13.1 Å². The average Bonchev–Trinajstić information content (AvgIpc) is 2.54. The maximum absolute atomic E-state index is 5.68. The molecular formula is C10H16N2OS. The first-order valence-electron chi connectivity index (χ1n) is 4.99. The van der Waals surface area contributed by atoms with Crippen molar-refractivity contribution < 1.29 is 4.74 Å². The highest BCUT2D eigenvalue weighted by molar-refractivity contribution is 7.09. The third-order valence-electron chi connectivity index (χ3n) is 2.36. The molecule has 4 heteroatoms. The van der Waals surface area contributed by atoms with Gasteiger partial charge in [0.1, 0.15) is 0 Å². The summed E-state index contributed by atoms with van der Waals surface area (Å²) < 4.78 is 5.68. The van der Waals surface area contributed by atoms with Crippen LogP contribution in [0.5, 0.6) is 0 Å². The van der Waals surface area contributed by atoms with Gasteiger partial charge in [-0.3, -0.25) is 9.88 Å². The minimum Gasteiger partial charge on any atom is -0.373 e. The van der Waals surface area contributed by atoms with Gasteiger partial charge in [0, 0.05) is 30.7 Å². The van der Waals surface area contributed by atoms with E-state index in [1.165, 1.54) is 4.88 Å². The van der Waals surface area contributed by atoms with Crippen molar-refractivity contribution in [2.24, 2.45) is 0 Å². The van der Waals surface area contributed by atoms with E-state index in [-0.39, 0.29) is 0 Å². The van der Waals surface area contributed by atoms with Crippen LogP contribution in [0.1, 0.15) is 18.7 Å². The molecule has 2 atom stereocenters. The zero-order chi connectivity index (χ0) is 9.97. The fourth-order valence-corrected chi connectivity index (χ4v) is 2.59. The van der Waals surface area contributed by atoms with Crippen LogP contribution in [0.2, 0.25) is 0 Å². The Kier molecular flexibility index (Phi) is 3.15. The molecule has 1 aliphatic heterocycles. The summed E-state index contributed by atoms with van der Waals surface area (Å²) in [5.74, 6) is 0. The molecule has 78 valence electrons. The quantitative estimate of drug-likeness (QED) is 0.747. The molecule has 14 heavy (non-hydrogen) atoms. The lowest BCUT2D eigenvalue weighted by Gasteiger charge is -2.34. The monoisotopic (exact) mass is 212 g/mol. The van der Waals surface area contributed by atoms with Crippen molar-refractivity contribution in [3.05, 3.63) is 16.6 Å². The summed E-state index contributed by atoms with van der Waals surface area (Å²) in [6, 6.07) is 0. The van der Waals surface area contributed by atoms with E-state index >= 15 is 0 Å². The zero-order valence-corrected chi connectivity index (χ0v) is 9.46. The van der Waals surface area contributed by atoms with E-state index in [2.05, 4.69) is 23.7 Å². The van der Waals surface area contributed by atoms with Gasteiger partial charge in [0.05, 0.1) is 17.7 Å². The summed E-state index contributed by atoms with van der Waals surface area (Å²) in [7, 11) is 0. The van der Waals surface area contributed by atoms with Crippen molar-refractivity contribution in [2.45, 2.75) is 32.6 Å². The van der Waals surface area contributed by atoms with Gasteiger partial charge in [0.25, 0.3) is 0 Å². The molecule has 1 saturated heterocycles. The first-order valence-corrected chi connectivity index (χ1v) is 5.87. The van der Waals surface area contributed by atoms with E-state index in [4.69, 9.17) is 4.74 Å². The highest BCUT2D eigenvalue weighted by Crippen LogP contribution is 2.15. The van der Waals surface area contributed by atoms with E-state index in [9.17, 15) is 0 Å². The van der Waals surface area contributed by atoms with Crippen LogP contribution in [0.4, 0.5) is 0 Å². The molecule has 0 aliphatic carbocycles. The average molecular weight is 212 g/mol. The van der Waals surface area contributed by atoms with Crippen LogP contribution in [0.3, 0.4) is 0 Å². The molecule has 0 radical (unpaired) electrons. The van der Waals surface area contributed by atoms with Crippen LogP contribution >= 0.6 is 11.3 Å². The number of rotatable bonds is 2. The van der Waals surface area contributed by atoms with Gasteiger partial charge in [-0.2, -0.15) is 0 Å². The van der Waals surface area contributed by atoms with E-state index in [1.54, 1.807) is 11.3 Å². The number of morpholine rings is 1. The van der Waals surface area contributed by atoms with E-state index < -0.39 is 0 Å². The van der Waals surface area contributed by atoms with E-state index in [1.807, 2.05) is 11.7 Å². The van der Waals surface area contributed by atoms with Crippen LogP contribution in [-0.4, -0.2) is 35.2 Å². The molecule has 0 N–H and O–H groups in total. The van der Waals surface area contributed by atoms with Gasteiger partial charge in [0.15, 0.2) is 0 Å². The lowest BCUT2D eigenvalue weighted by molar-refractivity contribution is -0.0702. The van der Waals surface area contributed by atoms with Crippen LogP contribution in [0.25, 0.3) is 0 Å². The molecular weight excluding hydrogens is 196 g/mol. The molecule has 2 heterocycles. The van der Waals surface area contributed by atoms with Gasteiger partial charge in [-0.25, -0.2) is 0 Å². The van der Waals surface area contributed by atoms with Gasteiger partial charge >= 0.3 is 0 Å². The fourth-order valence-electron chi connectivity index (χ4n) is 1.95. The summed E-state index contributed by atoms with van der Waals surface area (Å²) >= 11 is 1.73.